The molecule has 0 unspecified atom stereocenters. The average Bonchev–Trinajstić information content (AvgIpc) is 1.61. The van der Waals surface area contributed by atoms with Crippen molar-refractivity contribution in [3.63, 3.8) is 0 Å². The number of esters is 3. The van der Waals surface area contributed by atoms with Crippen molar-refractivity contribution in [1.29, 1.82) is 0 Å². The van der Waals surface area contributed by atoms with E-state index in [2.05, 4.69) is 31.9 Å². The standard InChI is InChI=1S/C39H51BN2O8.C32H39BN2O9.C32H37BrN2O7/c1-26-16-18-27(19-17-26)24-32(42(9)36(45)48-37(2,3)4)34(43)41-31(35(44)47-25-28-14-12-11-13-15-28)23-29-20-21-33(46-10)30(22-29)40-49-38(5,6)39(7,8)50-40;1-32(2,3)44-31(39)35(4)27(19-21-11-14-24(36)15-12-21)29(37)34-26(30(38)43-20-22-9-7-6-8-10-22)18-23-13-16-28(42-5)25(17-23)33(40)41;1-32(2,3)42-31(39)35(4)27(19-21-11-14-24(36)15-12-21)29(37)34-26(18-23-13-16-28(40-5)25(33)17-23)30(38)41-20-22-9-7-6-8-10-22/h11-22,31-32H,23-25H2,1-10H3,(H,41,43);6-17,26-27,36,40-41H,18-20H2,1-5H3,(H,34,37);6-17,26-27,36H,18-20H2,1-5H3,(H,34,37)/t31-,32-;2*26-,27-/m000/s1. The summed E-state index contributed by atoms with van der Waals surface area (Å²) in [6, 6.07) is 56.8. The summed E-state index contributed by atoms with van der Waals surface area (Å²) in [5, 5.41) is 47.6. The number of hydrogen-bond acceptors (Lipinski definition) is 24. The summed E-state index contributed by atoms with van der Waals surface area (Å²) in [6.45, 7) is 25.5. The van der Waals surface area contributed by atoms with Crippen molar-refractivity contribution in [2.75, 3.05) is 42.5 Å². The molecule has 0 radical (unpaired) electrons. The average molecular weight is 1930 g/mol. The van der Waals surface area contributed by atoms with E-state index in [9.17, 15) is 63.4 Å². The summed E-state index contributed by atoms with van der Waals surface area (Å²) in [7, 11) is 6.40. The molecule has 0 saturated carbocycles. The molecule has 1 saturated heterocycles. The van der Waals surface area contributed by atoms with Gasteiger partial charge in [0, 0.05) is 70.6 Å². The number of carbonyl (C=O) groups is 9. The first-order chi connectivity index (χ1) is 64.0. The number of carbonyl (C=O) groups excluding carboxylic acids is 9. The van der Waals surface area contributed by atoms with Crippen LogP contribution in [0.4, 0.5) is 14.4 Å². The number of halogens is 1. The van der Waals surface area contributed by atoms with E-state index in [1.54, 1.807) is 137 Å². The maximum Gasteiger partial charge on any atom is 0.498 e. The van der Waals surface area contributed by atoms with Crippen LogP contribution >= 0.6 is 15.9 Å². The summed E-state index contributed by atoms with van der Waals surface area (Å²) in [4.78, 5) is 125. The van der Waals surface area contributed by atoms with E-state index in [4.69, 9.17) is 51.9 Å². The van der Waals surface area contributed by atoms with E-state index >= 15 is 0 Å². The van der Waals surface area contributed by atoms with Gasteiger partial charge in [-0.05, 0) is 211 Å². The lowest BCUT2D eigenvalue weighted by molar-refractivity contribution is -0.150. The normalized spacial score (nSPS) is 13.9. The lowest BCUT2D eigenvalue weighted by Gasteiger charge is -2.32. The first-order valence-corrected chi connectivity index (χ1v) is 45.2. The number of benzene rings is 9. The Hall–Kier alpha value is -12.9. The smallest absolute Gasteiger partial charge is 0.498 e. The number of ether oxygens (including phenoxy) is 9. The molecular formula is C103H127B2BrN6O24. The van der Waals surface area contributed by atoms with E-state index in [0.29, 0.717) is 43.7 Å². The molecule has 0 spiro atoms. The number of aryl methyl sites for hydroxylation is 1. The fourth-order valence-electron chi connectivity index (χ4n) is 13.9. The zero-order valence-corrected chi connectivity index (χ0v) is 82.5. The van der Waals surface area contributed by atoms with Crippen LogP contribution in [0.3, 0.4) is 0 Å². The predicted molar refractivity (Wildman–Crippen MR) is 520 cm³/mol. The molecule has 0 bridgehead atoms. The number of aromatic hydroxyl groups is 2. The highest BCUT2D eigenvalue weighted by atomic mass is 79.9. The van der Waals surface area contributed by atoms with Gasteiger partial charge in [0.05, 0.1) is 37.0 Å². The maximum absolute atomic E-state index is 14.2. The summed E-state index contributed by atoms with van der Waals surface area (Å²) in [5.74, 6) is -2.16. The Balaban J connectivity index is 0.000000252. The summed E-state index contributed by atoms with van der Waals surface area (Å²) < 4.78 is 63.0. The molecule has 30 nitrogen and oxygen atoms in total. The van der Waals surface area contributed by atoms with Gasteiger partial charge in [-0.2, -0.15) is 0 Å². The lowest BCUT2D eigenvalue weighted by Crippen LogP contribution is -2.54. The SMILES string of the molecule is COc1ccc(C[C@H](NC(=O)[C@H](Cc2ccc(C)cc2)N(C)C(=O)OC(C)(C)C)C(=O)OCc2ccccc2)cc1B1OC(C)(C)C(C)(C)O1.COc1ccc(C[C@H](NC(=O)[C@H](Cc2ccc(O)cc2)N(C)C(=O)OC(C)(C)C)C(=O)OCc2ccccc2)cc1B(O)O.COc1ccc(C[C@H](NC(=O)[C@H](Cc2ccc(O)cc2)N(C)C(=O)OC(C)(C)C)C(=O)OCc2ccccc2)cc1Br. The Bertz CT molecular complexity index is 5450. The number of phenols is 2. The second-order valence-electron chi connectivity index (χ2n) is 36.9. The molecule has 9 aromatic carbocycles. The molecule has 726 valence electrons. The van der Waals surface area contributed by atoms with Gasteiger partial charge >= 0.3 is 50.4 Å². The minimum Gasteiger partial charge on any atom is -0.508 e. The molecule has 1 aliphatic heterocycles. The van der Waals surface area contributed by atoms with Crippen LogP contribution in [0.2, 0.25) is 0 Å². The molecule has 1 heterocycles. The summed E-state index contributed by atoms with van der Waals surface area (Å²) in [6.07, 6.45) is -1.57. The third kappa shape index (κ3) is 33.8. The number of likely N-dealkylation sites (N-methyl/N-ethyl adjacent to an activating group) is 3. The van der Waals surface area contributed by atoms with Gasteiger partial charge in [0.15, 0.2) is 0 Å². The summed E-state index contributed by atoms with van der Waals surface area (Å²) >= 11 is 3.47. The Morgan fingerprint density at radius 3 is 0.978 bits per heavy atom. The largest absolute Gasteiger partial charge is 0.508 e. The number of phenolic OH excluding ortho intramolecular Hbond substituents is 2. The molecule has 33 heteroatoms. The van der Waals surface area contributed by atoms with Crippen LogP contribution in [0.1, 0.15) is 146 Å². The van der Waals surface area contributed by atoms with Crippen molar-refractivity contribution in [1.82, 2.24) is 30.7 Å². The fourth-order valence-corrected chi connectivity index (χ4v) is 14.4. The van der Waals surface area contributed by atoms with Gasteiger partial charge in [-0.15, -0.1) is 0 Å². The number of hydrogen-bond donors (Lipinski definition) is 7. The van der Waals surface area contributed by atoms with Crippen LogP contribution in [-0.4, -0.2) is 210 Å². The molecule has 1 fully saturated rings. The Labute approximate surface area is 805 Å². The zero-order valence-electron chi connectivity index (χ0n) is 80.9. The summed E-state index contributed by atoms with van der Waals surface area (Å²) in [5.41, 5.74) is 4.78. The van der Waals surface area contributed by atoms with E-state index < -0.39 is 132 Å². The van der Waals surface area contributed by atoms with Crippen LogP contribution in [0.25, 0.3) is 0 Å². The Morgan fingerprint density at radius 2 is 0.676 bits per heavy atom. The number of rotatable bonds is 35. The number of methoxy groups -OCH3 is 3. The minimum absolute atomic E-state index is 0.0262. The van der Waals surface area contributed by atoms with Gasteiger partial charge < -0.3 is 88.2 Å². The number of nitrogens with one attached hydrogen (secondary N) is 3. The Kier molecular flexibility index (Phi) is 39.5. The van der Waals surface area contributed by atoms with Gasteiger partial charge in [0.25, 0.3) is 0 Å². The fraction of sp³-hybridized carbons (Fsp3) is 0.388. The van der Waals surface area contributed by atoms with Crippen LogP contribution in [0.5, 0.6) is 28.7 Å². The highest BCUT2D eigenvalue weighted by Crippen LogP contribution is 2.38. The van der Waals surface area contributed by atoms with Crippen molar-refractivity contribution in [3.05, 3.63) is 278 Å². The number of amides is 6. The van der Waals surface area contributed by atoms with Gasteiger partial charge in [-0.1, -0.05) is 175 Å². The van der Waals surface area contributed by atoms with Crippen LogP contribution in [0.15, 0.2) is 223 Å². The molecule has 0 aromatic heterocycles. The highest BCUT2D eigenvalue weighted by molar-refractivity contribution is 9.10. The van der Waals surface area contributed by atoms with E-state index in [-0.39, 0.29) is 81.1 Å². The molecule has 7 N–H and O–H groups in total. The third-order valence-electron chi connectivity index (χ3n) is 22.0. The molecule has 1 aliphatic rings. The molecule has 136 heavy (non-hydrogen) atoms. The van der Waals surface area contributed by atoms with E-state index in [1.165, 1.54) is 74.5 Å². The first-order valence-electron chi connectivity index (χ1n) is 44.4. The second kappa shape index (κ2) is 49.5. The topological polar surface area (TPSA) is 382 Å². The minimum atomic E-state index is -1.83. The first kappa shape index (κ1) is 108. The lowest BCUT2D eigenvalue weighted by atomic mass is 9.77. The molecular weight excluding hydrogens is 1810 g/mol. The zero-order chi connectivity index (χ0) is 100. The number of nitrogens with zero attached hydrogens (tertiary/aromatic N) is 3. The van der Waals surface area contributed by atoms with Gasteiger partial charge in [-0.25, -0.2) is 28.8 Å². The van der Waals surface area contributed by atoms with Crippen LogP contribution < -0.4 is 41.1 Å². The highest BCUT2D eigenvalue weighted by Gasteiger charge is 2.53. The second-order valence-corrected chi connectivity index (χ2v) is 37.8. The van der Waals surface area contributed by atoms with Crippen LogP contribution in [-0.2, 0) is 125 Å². The van der Waals surface area contributed by atoms with Gasteiger partial charge in [0.2, 0.25) is 17.7 Å². The molecule has 9 aromatic rings. The predicted octanol–water partition coefficient (Wildman–Crippen LogP) is 13.3. The maximum atomic E-state index is 14.2. The van der Waals surface area contributed by atoms with Crippen molar-refractivity contribution in [3.8, 4) is 28.7 Å². The molecule has 6 atom stereocenters. The van der Waals surface area contributed by atoms with Gasteiger partial charge in [0.1, 0.15) is 102 Å². The molecule has 0 aliphatic carbocycles. The van der Waals surface area contributed by atoms with Crippen molar-refractivity contribution >= 4 is 95.0 Å². The van der Waals surface area contributed by atoms with Crippen molar-refractivity contribution in [2.45, 2.75) is 220 Å². The van der Waals surface area contributed by atoms with Gasteiger partial charge in [-0.3, -0.25) is 29.1 Å². The molecule has 6 amide bonds. The van der Waals surface area contributed by atoms with Crippen molar-refractivity contribution in [2.24, 2.45) is 0 Å². The molecule has 10 rings (SSSR count). The quantitative estimate of drug-likeness (QED) is 0.0110. The monoisotopic (exact) mass is 1930 g/mol. The third-order valence-corrected chi connectivity index (χ3v) is 22.6. The van der Waals surface area contributed by atoms with E-state index in [0.717, 1.165) is 38.3 Å². The Morgan fingerprint density at radius 1 is 0.390 bits per heavy atom. The van der Waals surface area contributed by atoms with Crippen LogP contribution in [0, 0.1) is 6.92 Å². The van der Waals surface area contributed by atoms with E-state index in [1.807, 2.05) is 156 Å². The van der Waals surface area contributed by atoms with Crippen molar-refractivity contribution < 1.29 is 115 Å².